The Labute approximate surface area is 211 Å². The fourth-order valence-corrected chi connectivity index (χ4v) is 5.38. The summed E-state index contributed by atoms with van der Waals surface area (Å²) in [7, 11) is 3.40. The number of allylic oxidation sites excluding steroid dienone is 2. The van der Waals surface area contributed by atoms with Gasteiger partial charge in [0.25, 0.3) is 5.91 Å². The molecule has 0 aromatic heterocycles. The SMILES string of the molecule is COc1cc(C2Nc3c(C(=O)N(C)Cc4ccccc4)cccc3C3C=CCC32)ccc1OC(C)=O. The van der Waals surface area contributed by atoms with Gasteiger partial charge in [0.2, 0.25) is 0 Å². The number of anilines is 1. The third-order valence-corrected chi connectivity index (χ3v) is 7.04. The van der Waals surface area contributed by atoms with Crippen molar-refractivity contribution in [1.82, 2.24) is 4.90 Å². The Bertz CT molecular complexity index is 1320. The van der Waals surface area contributed by atoms with E-state index in [-0.39, 0.29) is 17.9 Å². The maximum atomic E-state index is 13.6. The monoisotopic (exact) mass is 482 g/mol. The van der Waals surface area contributed by atoms with Crippen LogP contribution in [0.15, 0.2) is 78.9 Å². The molecule has 1 aliphatic carbocycles. The Hall–Kier alpha value is -4.06. The largest absolute Gasteiger partial charge is 0.493 e. The second-order valence-corrected chi connectivity index (χ2v) is 9.40. The first kappa shape index (κ1) is 23.7. The van der Waals surface area contributed by atoms with E-state index in [0.717, 1.165) is 28.8 Å². The smallest absolute Gasteiger partial charge is 0.308 e. The number of carbonyl (C=O) groups excluding carboxylic acids is 2. The highest BCUT2D eigenvalue weighted by Gasteiger charge is 2.39. The molecule has 5 rings (SSSR count). The zero-order valence-corrected chi connectivity index (χ0v) is 20.7. The standard InChI is InChI=1S/C30H30N2O4/c1-19(33)36-26-16-15-21(17-27(26)35-3)28-23-12-7-11-22(23)24-13-8-14-25(29(24)31-28)30(34)32(2)18-20-9-5-4-6-10-20/h4-11,13-17,22-23,28,31H,12,18H2,1-3H3. The van der Waals surface area contributed by atoms with E-state index in [0.29, 0.717) is 29.5 Å². The molecule has 0 spiro atoms. The quantitative estimate of drug-likeness (QED) is 0.277. The van der Waals surface area contributed by atoms with Crippen molar-refractivity contribution >= 4 is 17.6 Å². The van der Waals surface area contributed by atoms with E-state index in [9.17, 15) is 9.59 Å². The van der Waals surface area contributed by atoms with Crippen molar-refractivity contribution in [3.05, 3.63) is 101 Å². The molecule has 0 saturated carbocycles. The van der Waals surface area contributed by atoms with E-state index < -0.39 is 5.97 Å². The van der Waals surface area contributed by atoms with Crippen molar-refractivity contribution in [3.63, 3.8) is 0 Å². The number of amides is 1. The van der Waals surface area contributed by atoms with Crippen molar-refractivity contribution in [2.45, 2.75) is 31.8 Å². The maximum Gasteiger partial charge on any atom is 0.308 e. The number of methoxy groups -OCH3 is 1. The van der Waals surface area contributed by atoms with Crippen molar-refractivity contribution in [2.24, 2.45) is 5.92 Å². The first-order valence-corrected chi connectivity index (χ1v) is 12.2. The maximum absolute atomic E-state index is 13.6. The van der Waals surface area contributed by atoms with E-state index in [4.69, 9.17) is 9.47 Å². The Balaban J connectivity index is 1.49. The number of nitrogens with zero attached hydrogens (tertiary/aromatic N) is 1. The number of carbonyl (C=O) groups is 2. The molecule has 0 radical (unpaired) electrons. The van der Waals surface area contributed by atoms with Crippen LogP contribution in [0.4, 0.5) is 5.69 Å². The molecule has 3 aromatic rings. The van der Waals surface area contributed by atoms with Gasteiger partial charge < -0.3 is 19.7 Å². The molecular formula is C30H30N2O4. The molecule has 1 N–H and O–H groups in total. The predicted molar refractivity (Wildman–Crippen MR) is 139 cm³/mol. The van der Waals surface area contributed by atoms with Gasteiger partial charge in [-0.3, -0.25) is 9.59 Å². The molecule has 36 heavy (non-hydrogen) atoms. The molecule has 6 nitrogen and oxygen atoms in total. The van der Waals surface area contributed by atoms with Gasteiger partial charge in [0.15, 0.2) is 11.5 Å². The van der Waals surface area contributed by atoms with Crippen molar-refractivity contribution in [1.29, 1.82) is 0 Å². The van der Waals surface area contributed by atoms with E-state index in [1.807, 2.05) is 61.6 Å². The first-order chi connectivity index (χ1) is 17.5. The molecule has 0 saturated heterocycles. The van der Waals surface area contributed by atoms with Gasteiger partial charge in [-0.15, -0.1) is 0 Å². The summed E-state index contributed by atoms with van der Waals surface area (Å²) in [5.74, 6) is 0.986. The van der Waals surface area contributed by atoms with Crippen LogP contribution in [0.2, 0.25) is 0 Å². The summed E-state index contributed by atoms with van der Waals surface area (Å²) >= 11 is 0. The highest BCUT2D eigenvalue weighted by atomic mass is 16.6. The lowest BCUT2D eigenvalue weighted by atomic mass is 9.76. The summed E-state index contributed by atoms with van der Waals surface area (Å²) in [6.45, 7) is 1.91. The molecule has 1 aliphatic heterocycles. The molecule has 3 unspecified atom stereocenters. The van der Waals surface area contributed by atoms with Crippen LogP contribution in [0, 0.1) is 5.92 Å². The molecule has 2 aliphatic rings. The predicted octanol–water partition coefficient (Wildman–Crippen LogP) is 5.72. The zero-order valence-electron chi connectivity index (χ0n) is 20.7. The van der Waals surface area contributed by atoms with Gasteiger partial charge in [0.05, 0.1) is 24.4 Å². The molecule has 3 atom stereocenters. The van der Waals surface area contributed by atoms with Gasteiger partial charge in [-0.05, 0) is 47.2 Å². The van der Waals surface area contributed by atoms with Crippen molar-refractivity contribution in [3.8, 4) is 11.5 Å². The van der Waals surface area contributed by atoms with Crippen LogP contribution >= 0.6 is 0 Å². The van der Waals surface area contributed by atoms with Crippen molar-refractivity contribution < 1.29 is 19.1 Å². The van der Waals surface area contributed by atoms with Crippen LogP contribution in [-0.2, 0) is 11.3 Å². The summed E-state index contributed by atoms with van der Waals surface area (Å²) in [5.41, 5.74) is 4.80. The summed E-state index contributed by atoms with van der Waals surface area (Å²) in [4.78, 5) is 26.9. The van der Waals surface area contributed by atoms with Crippen LogP contribution < -0.4 is 14.8 Å². The number of nitrogens with one attached hydrogen (secondary N) is 1. The van der Waals surface area contributed by atoms with Crippen LogP contribution in [0.1, 0.15) is 52.4 Å². The molecule has 1 amide bonds. The topological polar surface area (TPSA) is 67.9 Å². The van der Waals surface area contributed by atoms with Crippen LogP contribution in [-0.4, -0.2) is 30.9 Å². The molecule has 0 bridgehead atoms. The number of para-hydroxylation sites is 1. The highest BCUT2D eigenvalue weighted by molar-refractivity contribution is 6.00. The van der Waals surface area contributed by atoms with Gasteiger partial charge in [0, 0.05) is 26.4 Å². The van der Waals surface area contributed by atoms with Gasteiger partial charge in [-0.2, -0.15) is 0 Å². The van der Waals surface area contributed by atoms with Crippen LogP contribution in [0.5, 0.6) is 11.5 Å². The molecule has 3 aromatic carbocycles. The van der Waals surface area contributed by atoms with Gasteiger partial charge in [-0.1, -0.05) is 60.7 Å². The fraction of sp³-hybridized carbons (Fsp3) is 0.267. The summed E-state index contributed by atoms with van der Waals surface area (Å²) in [6, 6.07) is 21.6. The van der Waals surface area contributed by atoms with Gasteiger partial charge in [-0.25, -0.2) is 0 Å². The Morgan fingerprint density at radius 3 is 2.58 bits per heavy atom. The third kappa shape index (κ3) is 4.47. The average Bonchev–Trinajstić information content (AvgIpc) is 3.38. The Morgan fingerprint density at radius 1 is 1.03 bits per heavy atom. The molecule has 0 fully saturated rings. The number of rotatable bonds is 6. The number of fused-ring (bicyclic) bond motifs is 3. The minimum absolute atomic E-state index is 0.0230. The van der Waals surface area contributed by atoms with Gasteiger partial charge in [0.1, 0.15) is 0 Å². The summed E-state index contributed by atoms with van der Waals surface area (Å²) in [5, 5.41) is 3.71. The highest BCUT2D eigenvalue weighted by Crippen LogP contribution is 2.51. The number of benzene rings is 3. The second-order valence-electron chi connectivity index (χ2n) is 9.40. The molecule has 184 valence electrons. The summed E-state index contributed by atoms with van der Waals surface area (Å²) < 4.78 is 10.8. The van der Waals surface area contributed by atoms with E-state index in [1.54, 1.807) is 18.1 Å². The second kappa shape index (κ2) is 9.90. The lowest BCUT2D eigenvalue weighted by molar-refractivity contribution is -0.132. The van der Waals surface area contributed by atoms with E-state index in [2.05, 4.69) is 23.5 Å². The lowest BCUT2D eigenvalue weighted by Crippen LogP contribution is -2.32. The number of hydrogen-bond acceptors (Lipinski definition) is 5. The van der Waals surface area contributed by atoms with Crippen LogP contribution in [0.3, 0.4) is 0 Å². The Morgan fingerprint density at radius 2 is 1.83 bits per heavy atom. The molecule has 6 heteroatoms. The van der Waals surface area contributed by atoms with Gasteiger partial charge >= 0.3 is 5.97 Å². The number of hydrogen-bond donors (Lipinski definition) is 1. The lowest BCUT2D eigenvalue weighted by Gasteiger charge is -2.38. The van der Waals surface area contributed by atoms with Crippen molar-refractivity contribution in [2.75, 3.05) is 19.5 Å². The number of esters is 1. The molecule has 1 heterocycles. The minimum atomic E-state index is -0.395. The summed E-state index contributed by atoms with van der Waals surface area (Å²) in [6.07, 6.45) is 5.41. The normalized spacial score (nSPS) is 19.6. The van der Waals surface area contributed by atoms with E-state index >= 15 is 0 Å². The number of ether oxygens (including phenoxy) is 2. The van der Waals surface area contributed by atoms with E-state index in [1.165, 1.54) is 6.92 Å². The fourth-order valence-electron chi connectivity index (χ4n) is 5.38. The first-order valence-electron chi connectivity index (χ1n) is 12.2. The Kier molecular flexibility index (Phi) is 6.51. The average molecular weight is 483 g/mol. The zero-order chi connectivity index (χ0) is 25.2. The third-order valence-electron chi connectivity index (χ3n) is 7.04. The van der Waals surface area contributed by atoms with Crippen LogP contribution in [0.25, 0.3) is 0 Å². The molecular weight excluding hydrogens is 452 g/mol. The minimum Gasteiger partial charge on any atom is -0.493 e.